The van der Waals surface area contributed by atoms with E-state index in [0.29, 0.717) is 37.5 Å². The van der Waals surface area contributed by atoms with Crippen molar-refractivity contribution in [1.82, 2.24) is 0 Å². The molecule has 2 aliphatic carbocycles. The molecule has 212 valence electrons. The second-order valence-electron chi connectivity index (χ2n) is 11.5. The van der Waals surface area contributed by atoms with E-state index >= 15 is 0 Å². The van der Waals surface area contributed by atoms with Crippen molar-refractivity contribution in [3.63, 3.8) is 0 Å². The van der Waals surface area contributed by atoms with E-state index < -0.39 is 0 Å². The summed E-state index contributed by atoms with van der Waals surface area (Å²) in [7, 11) is 2.80. The normalized spacial score (nSPS) is 26.6. The Morgan fingerprint density at radius 2 is 1.16 bits per heavy atom. The van der Waals surface area contributed by atoms with Crippen molar-refractivity contribution in [2.45, 2.75) is 117 Å². The van der Waals surface area contributed by atoms with Gasteiger partial charge in [0, 0.05) is 25.7 Å². The van der Waals surface area contributed by atoms with Crippen molar-refractivity contribution in [2.75, 3.05) is 14.2 Å². The highest BCUT2D eigenvalue weighted by molar-refractivity contribution is 5.88. The van der Waals surface area contributed by atoms with Crippen molar-refractivity contribution in [1.29, 1.82) is 0 Å². The number of methoxy groups -OCH3 is 2. The fraction of sp³-hybridized carbons (Fsp3) is 0.867. The molecule has 0 aromatic rings. The second kappa shape index (κ2) is 16.8. The number of carbonyl (C=O) groups excluding carboxylic acids is 4. The fourth-order valence-electron chi connectivity index (χ4n) is 6.76. The minimum atomic E-state index is -0.318. The van der Waals surface area contributed by atoms with E-state index in [0.717, 1.165) is 24.7 Å². The molecule has 3 aliphatic rings. The quantitative estimate of drug-likeness (QED) is 0.186. The SMILES string of the molecule is CCCC1CCC(C(CC(=O)OC)CC(=O)OC)CC1.CCCC1CCC(C2CC(=O)OC(=O)C2)CC1. The highest BCUT2D eigenvalue weighted by Crippen LogP contribution is 2.40. The average Bonchev–Trinajstić information content (AvgIpc) is 2.89. The number of cyclic esters (lactones) is 2. The Hall–Kier alpha value is -1.92. The van der Waals surface area contributed by atoms with Gasteiger partial charge in [-0.2, -0.15) is 0 Å². The molecule has 0 spiro atoms. The summed E-state index contributed by atoms with van der Waals surface area (Å²) in [6.45, 7) is 4.46. The van der Waals surface area contributed by atoms with Gasteiger partial charge in [-0.1, -0.05) is 65.2 Å². The molecular formula is C30H50O7. The van der Waals surface area contributed by atoms with Crippen molar-refractivity contribution in [3.05, 3.63) is 0 Å². The van der Waals surface area contributed by atoms with Gasteiger partial charge in [0.15, 0.2) is 0 Å². The maximum atomic E-state index is 11.5. The zero-order valence-corrected chi connectivity index (χ0v) is 23.6. The van der Waals surface area contributed by atoms with Gasteiger partial charge in [0.2, 0.25) is 0 Å². The Kier molecular flexibility index (Phi) is 14.2. The molecule has 7 heteroatoms. The lowest BCUT2D eigenvalue weighted by molar-refractivity contribution is -0.166. The molecule has 0 bridgehead atoms. The summed E-state index contributed by atoms with van der Waals surface area (Å²) in [4.78, 5) is 45.6. The molecule has 3 rings (SSSR count). The van der Waals surface area contributed by atoms with Crippen LogP contribution in [-0.2, 0) is 33.4 Å². The molecule has 0 amide bonds. The first-order valence-corrected chi connectivity index (χ1v) is 14.7. The van der Waals surface area contributed by atoms with E-state index in [1.165, 1.54) is 78.4 Å². The number of ether oxygens (including phenoxy) is 3. The van der Waals surface area contributed by atoms with E-state index in [4.69, 9.17) is 9.47 Å². The maximum Gasteiger partial charge on any atom is 0.313 e. The molecule has 1 aliphatic heterocycles. The minimum Gasteiger partial charge on any atom is -0.469 e. The van der Waals surface area contributed by atoms with Gasteiger partial charge in [0.25, 0.3) is 0 Å². The predicted octanol–water partition coefficient (Wildman–Crippen LogP) is 6.41. The molecule has 1 saturated heterocycles. The number of esters is 4. The largest absolute Gasteiger partial charge is 0.469 e. The van der Waals surface area contributed by atoms with Gasteiger partial charge in [-0.25, -0.2) is 0 Å². The fourth-order valence-corrected chi connectivity index (χ4v) is 6.76. The van der Waals surface area contributed by atoms with Crippen molar-refractivity contribution in [2.24, 2.45) is 35.5 Å². The lowest BCUT2D eigenvalue weighted by Gasteiger charge is -2.34. The van der Waals surface area contributed by atoms with E-state index in [9.17, 15) is 19.2 Å². The van der Waals surface area contributed by atoms with Crippen LogP contribution in [-0.4, -0.2) is 38.1 Å². The molecule has 0 atom stereocenters. The summed E-state index contributed by atoms with van der Waals surface area (Å²) in [6.07, 6.45) is 16.3. The van der Waals surface area contributed by atoms with Crippen LogP contribution in [0.1, 0.15) is 117 Å². The van der Waals surface area contributed by atoms with Crippen LogP contribution in [0.5, 0.6) is 0 Å². The molecule has 0 aromatic carbocycles. The Balaban J connectivity index is 0.000000263. The molecule has 0 aromatic heterocycles. The van der Waals surface area contributed by atoms with E-state index in [1.807, 2.05) is 0 Å². The molecule has 2 saturated carbocycles. The lowest BCUT2D eigenvalue weighted by atomic mass is 9.72. The van der Waals surface area contributed by atoms with Gasteiger partial charge in [-0.3, -0.25) is 19.2 Å². The minimum absolute atomic E-state index is 0.0671. The van der Waals surface area contributed by atoms with Crippen LogP contribution in [0.25, 0.3) is 0 Å². The van der Waals surface area contributed by atoms with Gasteiger partial charge >= 0.3 is 23.9 Å². The number of rotatable bonds is 10. The Labute approximate surface area is 223 Å². The van der Waals surface area contributed by atoms with Gasteiger partial charge in [-0.05, 0) is 61.2 Å². The Morgan fingerprint density at radius 1 is 0.730 bits per heavy atom. The third-order valence-corrected chi connectivity index (χ3v) is 8.91. The monoisotopic (exact) mass is 522 g/mol. The zero-order valence-electron chi connectivity index (χ0n) is 23.6. The molecular weight excluding hydrogens is 472 g/mol. The number of hydrogen-bond acceptors (Lipinski definition) is 7. The molecule has 0 unspecified atom stereocenters. The maximum absolute atomic E-state index is 11.5. The molecule has 37 heavy (non-hydrogen) atoms. The third-order valence-electron chi connectivity index (χ3n) is 8.91. The standard InChI is InChI=1S/C16H28O4.C14H22O3/c1-4-5-12-6-8-13(9-7-12)14(10-15(17)19-2)11-16(18)20-3;1-2-3-10-4-6-11(7-5-10)12-8-13(15)17-14(16)9-12/h12-14H,4-11H2,1-3H3;10-12H,2-9H2,1H3. The number of hydrogen-bond donors (Lipinski definition) is 0. The van der Waals surface area contributed by atoms with E-state index in [-0.39, 0.29) is 35.7 Å². The van der Waals surface area contributed by atoms with Crippen molar-refractivity contribution < 1.29 is 33.4 Å². The summed E-state index contributed by atoms with van der Waals surface area (Å²) in [6, 6.07) is 0. The zero-order chi connectivity index (χ0) is 27.2. The first-order valence-electron chi connectivity index (χ1n) is 14.7. The van der Waals surface area contributed by atoms with Crippen LogP contribution in [0.4, 0.5) is 0 Å². The van der Waals surface area contributed by atoms with Gasteiger partial charge in [0.05, 0.1) is 14.2 Å². The van der Waals surface area contributed by atoms with Crippen LogP contribution in [0.2, 0.25) is 0 Å². The molecule has 0 N–H and O–H groups in total. The molecule has 1 heterocycles. The Bertz CT molecular complexity index is 683. The van der Waals surface area contributed by atoms with E-state index in [2.05, 4.69) is 18.6 Å². The van der Waals surface area contributed by atoms with Gasteiger partial charge < -0.3 is 14.2 Å². The van der Waals surface area contributed by atoms with Crippen LogP contribution in [0.15, 0.2) is 0 Å². The van der Waals surface area contributed by atoms with Crippen LogP contribution >= 0.6 is 0 Å². The summed E-state index contributed by atoms with van der Waals surface area (Å²) in [5.41, 5.74) is 0. The average molecular weight is 523 g/mol. The van der Waals surface area contributed by atoms with Crippen LogP contribution < -0.4 is 0 Å². The topological polar surface area (TPSA) is 96.0 Å². The van der Waals surface area contributed by atoms with E-state index in [1.54, 1.807) is 0 Å². The first kappa shape index (κ1) is 31.3. The molecule has 7 nitrogen and oxygen atoms in total. The lowest BCUT2D eigenvalue weighted by Crippen LogP contribution is -2.32. The molecule has 0 radical (unpaired) electrons. The number of carbonyl (C=O) groups is 4. The summed E-state index contributed by atoms with van der Waals surface area (Å²) < 4.78 is 14.1. The molecule has 3 fully saturated rings. The third kappa shape index (κ3) is 11.2. The van der Waals surface area contributed by atoms with Gasteiger partial charge in [-0.15, -0.1) is 0 Å². The highest BCUT2D eigenvalue weighted by Gasteiger charge is 2.35. The summed E-state index contributed by atoms with van der Waals surface area (Å²) in [5.74, 6) is 1.95. The summed E-state index contributed by atoms with van der Waals surface area (Å²) >= 11 is 0. The van der Waals surface area contributed by atoms with Crippen LogP contribution in [0, 0.1) is 35.5 Å². The van der Waals surface area contributed by atoms with Crippen molar-refractivity contribution >= 4 is 23.9 Å². The van der Waals surface area contributed by atoms with Crippen LogP contribution in [0.3, 0.4) is 0 Å². The van der Waals surface area contributed by atoms with Gasteiger partial charge in [0.1, 0.15) is 0 Å². The predicted molar refractivity (Wildman–Crippen MR) is 141 cm³/mol. The summed E-state index contributed by atoms with van der Waals surface area (Å²) in [5, 5.41) is 0. The first-order chi connectivity index (χ1) is 17.8. The second-order valence-corrected chi connectivity index (χ2v) is 11.5. The smallest absolute Gasteiger partial charge is 0.313 e. The van der Waals surface area contributed by atoms with Crippen molar-refractivity contribution in [3.8, 4) is 0 Å². The Morgan fingerprint density at radius 3 is 1.57 bits per heavy atom. The highest BCUT2D eigenvalue weighted by atomic mass is 16.6.